The van der Waals surface area contributed by atoms with Crippen LogP contribution >= 0.6 is 0 Å². The number of benzene rings is 1. The molecule has 2 N–H and O–H groups in total. The van der Waals surface area contributed by atoms with Gasteiger partial charge >= 0.3 is 10.2 Å². The van der Waals surface area contributed by atoms with Gasteiger partial charge in [0.15, 0.2) is 6.10 Å². The molecule has 1 heterocycles. The fourth-order valence-corrected chi connectivity index (χ4v) is 2.12. The summed E-state index contributed by atoms with van der Waals surface area (Å²) in [6.07, 6.45) is -0.559. The summed E-state index contributed by atoms with van der Waals surface area (Å²) in [7, 11) is -0.724. The fraction of sp³-hybridized carbons (Fsp3) is 0.364. The maximum atomic E-state index is 11.7. The molecule has 1 aromatic carbocycles. The first-order chi connectivity index (χ1) is 8.79. The van der Waals surface area contributed by atoms with Crippen LogP contribution < -0.4 is 14.8 Å². The van der Waals surface area contributed by atoms with Crippen molar-refractivity contribution in [2.24, 2.45) is 0 Å². The standard InChI is InChI=1S/C11H15N3O4S/c1-7-11(15)12-9-6-8(4-5-10(9)18-7)13-19(16,17)14(2)3/h4-7,13H,1-3H3,(H,12,15). The van der Waals surface area contributed by atoms with Crippen molar-refractivity contribution in [3.8, 4) is 5.75 Å². The molecule has 0 fully saturated rings. The van der Waals surface area contributed by atoms with Gasteiger partial charge in [0.2, 0.25) is 0 Å². The lowest BCUT2D eigenvalue weighted by Gasteiger charge is -2.24. The average molecular weight is 285 g/mol. The molecule has 1 atom stereocenters. The summed E-state index contributed by atoms with van der Waals surface area (Å²) >= 11 is 0. The first kappa shape index (κ1) is 13.6. The fourth-order valence-electron chi connectivity index (χ4n) is 1.51. The lowest BCUT2D eigenvalue weighted by atomic mass is 10.2. The Kier molecular flexibility index (Phi) is 3.38. The van der Waals surface area contributed by atoms with E-state index in [0.717, 1.165) is 4.31 Å². The highest BCUT2D eigenvalue weighted by atomic mass is 32.2. The molecule has 1 aliphatic heterocycles. The van der Waals surface area contributed by atoms with Gasteiger partial charge in [0.25, 0.3) is 5.91 Å². The summed E-state index contributed by atoms with van der Waals surface area (Å²) in [4.78, 5) is 11.5. The van der Waals surface area contributed by atoms with E-state index in [-0.39, 0.29) is 5.91 Å². The molecule has 0 spiro atoms. The molecule has 7 nitrogen and oxygen atoms in total. The lowest BCUT2D eigenvalue weighted by Crippen LogP contribution is -2.34. The number of hydrogen-bond acceptors (Lipinski definition) is 4. The summed E-state index contributed by atoms with van der Waals surface area (Å²) in [5.41, 5.74) is 0.799. The second kappa shape index (κ2) is 4.71. The summed E-state index contributed by atoms with van der Waals surface area (Å²) < 4.78 is 32.2. The second-order valence-electron chi connectivity index (χ2n) is 4.35. The van der Waals surface area contributed by atoms with Crippen LogP contribution in [0.15, 0.2) is 18.2 Å². The topological polar surface area (TPSA) is 87.7 Å². The minimum Gasteiger partial charge on any atom is -0.479 e. The molecular formula is C11H15N3O4S. The zero-order valence-corrected chi connectivity index (χ0v) is 11.6. The molecule has 0 saturated heterocycles. The molecular weight excluding hydrogens is 270 g/mol. The van der Waals surface area contributed by atoms with Gasteiger partial charge in [0.1, 0.15) is 5.75 Å². The number of fused-ring (bicyclic) bond motifs is 1. The van der Waals surface area contributed by atoms with Gasteiger partial charge in [-0.05, 0) is 25.1 Å². The number of rotatable bonds is 3. The van der Waals surface area contributed by atoms with Crippen molar-refractivity contribution in [3.05, 3.63) is 18.2 Å². The molecule has 8 heteroatoms. The Balaban J connectivity index is 2.28. The zero-order valence-electron chi connectivity index (χ0n) is 10.8. The van der Waals surface area contributed by atoms with Gasteiger partial charge in [0.05, 0.1) is 11.4 Å². The van der Waals surface area contributed by atoms with Gasteiger partial charge < -0.3 is 10.1 Å². The highest BCUT2D eigenvalue weighted by molar-refractivity contribution is 7.90. The Labute approximate surface area is 111 Å². The predicted molar refractivity (Wildman–Crippen MR) is 71.4 cm³/mol. The monoisotopic (exact) mass is 285 g/mol. The van der Waals surface area contributed by atoms with Gasteiger partial charge in [-0.15, -0.1) is 0 Å². The summed E-state index contributed by atoms with van der Waals surface area (Å²) in [5.74, 6) is 0.250. The molecule has 0 bridgehead atoms. The van der Waals surface area contributed by atoms with E-state index in [2.05, 4.69) is 10.0 Å². The Morgan fingerprint density at radius 1 is 1.37 bits per heavy atom. The molecule has 2 rings (SSSR count). The largest absolute Gasteiger partial charge is 0.479 e. The summed E-state index contributed by atoms with van der Waals surface area (Å²) in [6.45, 7) is 1.64. The Bertz CT molecular complexity index is 612. The molecule has 1 amide bonds. The lowest BCUT2D eigenvalue weighted by molar-refractivity contribution is -0.122. The summed E-state index contributed by atoms with van der Waals surface area (Å²) in [6, 6.07) is 4.70. The zero-order chi connectivity index (χ0) is 14.2. The van der Waals surface area contributed by atoms with Crippen LogP contribution in [0.1, 0.15) is 6.92 Å². The van der Waals surface area contributed by atoms with Crippen molar-refractivity contribution in [2.75, 3.05) is 24.1 Å². The van der Waals surface area contributed by atoms with Crippen LogP contribution in [-0.2, 0) is 15.0 Å². The molecule has 0 aromatic heterocycles. The highest BCUT2D eigenvalue weighted by Crippen LogP contribution is 2.32. The quantitative estimate of drug-likeness (QED) is 0.852. The molecule has 0 aliphatic carbocycles. The van der Waals surface area contributed by atoms with Crippen LogP contribution in [-0.4, -0.2) is 38.8 Å². The summed E-state index contributed by atoms with van der Waals surface area (Å²) in [5, 5.41) is 2.65. The van der Waals surface area contributed by atoms with E-state index < -0.39 is 16.3 Å². The van der Waals surface area contributed by atoms with Crippen molar-refractivity contribution < 1.29 is 17.9 Å². The third-order valence-electron chi connectivity index (χ3n) is 2.64. The Morgan fingerprint density at radius 2 is 2.05 bits per heavy atom. The molecule has 0 saturated carbocycles. The first-order valence-electron chi connectivity index (χ1n) is 5.61. The number of ether oxygens (including phenoxy) is 1. The number of nitrogens with zero attached hydrogens (tertiary/aromatic N) is 1. The number of anilines is 2. The van der Waals surface area contributed by atoms with E-state index in [1.807, 2.05) is 0 Å². The van der Waals surface area contributed by atoms with Crippen LogP contribution in [0.4, 0.5) is 11.4 Å². The third kappa shape index (κ3) is 2.79. The maximum absolute atomic E-state index is 11.7. The van der Waals surface area contributed by atoms with Crippen LogP contribution in [0, 0.1) is 0 Å². The minimum absolute atomic E-state index is 0.264. The van der Waals surface area contributed by atoms with Gasteiger partial charge in [0, 0.05) is 14.1 Å². The van der Waals surface area contributed by atoms with E-state index in [9.17, 15) is 13.2 Å². The van der Waals surface area contributed by atoms with Gasteiger partial charge in [-0.25, -0.2) is 0 Å². The number of amides is 1. The van der Waals surface area contributed by atoms with E-state index in [0.29, 0.717) is 17.1 Å². The highest BCUT2D eigenvalue weighted by Gasteiger charge is 2.24. The van der Waals surface area contributed by atoms with Crippen LogP contribution in [0.3, 0.4) is 0 Å². The smallest absolute Gasteiger partial charge is 0.301 e. The van der Waals surface area contributed by atoms with Crippen molar-refractivity contribution >= 4 is 27.5 Å². The predicted octanol–water partition coefficient (Wildman–Crippen LogP) is 0.624. The Hall–Kier alpha value is -1.80. The van der Waals surface area contributed by atoms with E-state index in [4.69, 9.17) is 4.74 Å². The maximum Gasteiger partial charge on any atom is 0.301 e. The van der Waals surface area contributed by atoms with Crippen molar-refractivity contribution in [1.29, 1.82) is 0 Å². The van der Waals surface area contributed by atoms with E-state index in [1.165, 1.54) is 20.2 Å². The minimum atomic E-state index is -3.57. The number of carbonyl (C=O) groups is 1. The van der Waals surface area contributed by atoms with Crippen molar-refractivity contribution in [1.82, 2.24) is 4.31 Å². The molecule has 1 aliphatic rings. The van der Waals surface area contributed by atoms with Crippen molar-refractivity contribution in [3.63, 3.8) is 0 Å². The third-order valence-corrected chi connectivity index (χ3v) is 4.09. The number of hydrogen-bond donors (Lipinski definition) is 2. The number of carbonyl (C=O) groups excluding carboxylic acids is 1. The molecule has 0 radical (unpaired) electrons. The van der Waals surface area contributed by atoms with Crippen LogP contribution in [0.2, 0.25) is 0 Å². The van der Waals surface area contributed by atoms with Crippen LogP contribution in [0.5, 0.6) is 5.75 Å². The normalized spacial score (nSPS) is 18.5. The van der Waals surface area contributed by atoms with E-state index in [1.54, 1.807) is 19.1 Å². The van der Waals surface area contributed by atoms with Gasteiger partial charge in [-0.3, -0.25) is 9.52 Å². The molecule has 104 valence electrons. The van der Waals surface area contributed by atoms with Gasteiger partial charge in [-0.2, -0.15) is 12.7 Å². The van der Waals surface area contributed by atoms with E-state index >= 15 is 0 Å². The van der Waals surface area contributed by atoms with Gasteiger partial charge in [-0.1, -0.05) is 0 Å². The molecule has 1 aromatic rings. The SMILES string of the molecule is CC1Oc2ccc(NS(=O)(=O)N(C)C)cc2NC1=O. The molecule has 19 heavy (non-hydrogen) atoms. The van der Waals surface area contributed by atoms with Crippen LogP contribution in [0.25, 0.3) is 0 Å². The number of nitrogens with one attached hydrogen (secondary N) is 2. The first-order valence-corrected chi connectivity index (χ1v) is 7.05. The second-order valence-corrected chi connectivity index (χ2v) is 6.23. The Morgan fingerprint density at radius 3 is 2.68 bits per heavy atom. The molecule has 1 unspecified atom stereocenters. The van der Waals surface area contributed by atoms with Crippen molar-refractivity contribution in [2.45, 2.75) is 13.0 Å². The average Bonchev–Trinajstić information content (AvgIpc) is 2.30.